The number of thiazole rings is 1. The molecule has 1 aliphatic heterocycles. The number of aromatic nitrogens is 2. The average molecular weight is 522 g/mol. The summed E-state index contributed by atoms with van der Waals surface area (Å²) in [5.74, 6) is 0.00880. The summed E-state index contributed by atoms with van der Waals surface area (Å²) in [6, 6.07) is 11.0. The molecule has 0 aliphatic carbocycles. The van der Waals surface area contributed by atoms with Crippen LogP contribution in [0.5, 0.6) is 0 Å². The molecule has 0 saturated carbocycles. The number of benzene rings is 1. The fraction of sp³-hybridized carbons (Fsp3) is 0.370. The zero-order valence-corrected chi connectivity index (χ0v) is 22.4. The summed E-state index contributed by atoms with van der Waals surface area (Å²) in [6.45, 7) is 6.39. The zero-order valence-electron chi connectivity index (χ0n) is 20.8. The summed E-state index contributed by atoms with van der Waals surface area (Å²) in [6.07, 6.45) is 4.95. The van der Waals surface area contributed by atoms with E-state index in [4.69, 9.17) is 9.72 Å². The van der Waals surface area contributed by atoms with Crippen molar-refractivity contribution in [2.75, 3.05) is 32.1 Å². The molecule has 1 amide bonds. The number of hydrogen-bond acceptors (Lipinski definition) is 8. The van der Waals surface area contributed by atoms with Gasteiger partial charge in [0.25, 0.3) is 0 Å². The number of amides is 1. The van der Waals surface area contributed by atoms with Gasteiger partial charge in [-0.1, -0.05) is 6.07 Å². The van der Waals surface area contributed by atoms with Crippen molar-refractivity contribution in [2.45, 2.75) is 38.8 Å². The van der Waals surface area contributed by atoms with E-state index in [1.165, 1.54) is 10.4 Å². The van der Waals surface area contributed by atoms with Crippen LogP contribution in [0, 0.1) is 0 Å². The van der Waals surface area contributed by atoms with E-state index in [2.05, 4.69) is 53.0 Å². The first kappa shape index (κ1) is 25.0. The third kappa shape index (κ3) is 5.35. The van der Waals surface area contributed by atoms with Crippen molar-refractivity contribution >= 4 is 43.8 Å². The lowest BCUT2D eigenvalue weighted by atomic mass is 9.95. The van der Waals surface area contributed by atoms with Crippen LogP contribution in [0.25, 0.3) is 31.9 Å². The molecule has 5 rings (SSSR count). The minimum atomic E-state index is 0.00880. The van der Waals surface area contributed by atoms with Gasteiger partial charge in [0.1, 0.15) is 10.0 Å². The number of rotatable bonds is 9. The van der Waals surface area contributed by atoms with Gasteiger partial charge in [-0.2, -0.15) is 0 Å². The maximum absolute atomic E-state index is 12.8. The van der Waals surface area contributed by atoms with Gasteiger partial charge in [-0.25, -0.2) is 4.98 Å². The Bertz CT molecular complexity index is 1350. The Morgan fingerprint density at radius 2 is 1.97 bits per heavy atom. The van der Waals surface area contributed by atoms with Crippen molar-refractivity contribution in [1.82, 2.24) is 20.6 Å². The number of methoxy groups -OCH3 is 1. The van der Waals surface area contributed by atoms with Crippen LogP contribution in [-0.2, 0) is 16.0 Å². The molecule has 0 saturated heterocycles. The van der Waals surface area contributed by atoms with E-state index in [0.717, 1.165) is 49.9 Å². The van der Waals surface area contributed by atoms with Gasteiger partial charge in [0.2, 0.25) is 5.91 Å². The number of carbonyl (C=O) groups excluding carboxylic acids is 1. The number of anilines is 1. The first-order valence-electron chi connectivity index (χ1n) is 12.3. The van der Waals surface area contributed by atoms with Crippen molar-refractivity contribution < 1.29 is 9.53 Å². The van der Waals surface area contributed by atoms with Crippen LogP contribution in [-0.4, -0.2) is 48.7 Å². The molecule has 3 aromatic heterocycles. The highest BCUT2D eigenvalue weighted by atomic mass is 32.1. The number of fused-ring (bicyclic) bond motifs is 2. The predicted molar refractivity (Wildman–Crippen MR) is 149 cm³/mol. The fourth-order valence-electron chi connectivity index (χ4n) is 4.66. The van der Waals surface area contributed by atoms with Gasteiger partial charge in [0, 0.05) is 61.5 Å². The molecule has 2 atom stereocenters. The molecule has 7 nitrogen and oxygen atoms in total. The van der Waals surface area contributed by atoms with Crippen LogP contribution in [0.1, 0.15) is 36.8 Å². The van der Waals surface area contributed by atoms with Crippen molar-refractivity contribution in [3.63, 3.8) is 0 Å². The quantitative estimate of drug-likeness (QED) is 0.261. The maximum atomic E-state index is 12.8. The summed E-state index contributed by atoms with van der Waals surface area (Å²) in [4.78, 5) is 23.3. The van der Waals surface area contributed by atoms with E-state index in [1.807, 2.05) is 24.5 Å². The van der Waals surface area contributed by atoms with Crippen LogP contribution in [0.15, 0.2) is 42.7 Å². The summed E-state index contributed by atoms with van der Waals surface area (Å²) < 4.78 is 6.19. The molecule has 0 bridgehead atoms. The Morgan fingerprint density at radius 3 is 2.78 bits per heavy atom. The summed E-state index contributed by atoms with van der Waals surface area (Å²) in [7, 11) is 1.67. The molecule has 0 fully saturated rings. The highest BCUT2D eigenvalue weighted by molar-refractivity contribution is 7.23. The van der Waals surface area contributed by atoms with E-state index in [0.29, 0.717) is 25.6 Å². The molecule has 1 aliphatic rings. The molecular weight excluding hydrogens is 490 g/mol. The smallest absolute Gasteiger partial charge is 0.226 e. The van der Waals surface area contributed by atoms with Gasteiger partial charge in [-0.05, 0) is 61.2 Å². The van der Waals surface area contributed by atoms with Crippen LogP contribution in [0.4, 0.5) is 5.00 Å². The van der Waals surface area contributed by atoms with Gasteiger partial charge in [0.05, 0.1) is 16.8 Å². The summed E-state index contributed by atoms with van der Waals surface area (Å²) in [5, 5.41) is 12.0. The third-order valence-corrected chi connectivity index (χ3v) is 8.72. The number of ether oxygens (including phenoxy) is 1. The van der Waals surface area contributed by atoms with Crippen LogP contribution in [0.2, 0.25) is 0 Å². The molecule has 0 spiro atoms. The number of nitrogens with one attached hydrogen (secondary N) is 3. The largest absolute Gasteiger partial charge is 0.383 e. The number of nitrogens with zero attached hydrogens (tertiary/aromatic N) is 2. The van der Waals surface area contributed by atoms with Gasteiger partial charge in [-0.3, -0.25) is 9.78 Å². The van der Waals surface area contributed by atoms with E-state index in [9.17, 15) is 4.79 Å². The molecular formula is C27H31N5O2S2. The average Bonchev–Trinajstić information content (AvgIpc) is 3.44. The second kappa shape index (κ2) is 11.1. The second-order valence-corrected chi connectivity index (χ2v) is 11.2. The topological polar surface area (TPSA) is 88.2 Å². The summed E-state index contributed by atoms with van der Waals surface area (Å²) >= 11 is 3.37. The van der Waals surface area contributed by atoms with E-state index < -0.39 is 0 Å². The third-order valence-electron chi connectivity index (χ3n) is 6.36. The lowest BCUT2D eigenvalue weighted by Crippen LogP contribution is -2.35. The monoisotopic (exact) mass is 521 g/mol. The number of hydrogen-bond donors (Lipinski definition) is 3. The molecule has 0 radical (unpaired) electrons. The Labute approximate surface area is 219 Å². The molecule has 3 N–H and O–H groups in total. The standard InChI is InChI=1S/C27H31N5O2S2/c1-16-14-20-24(26-31-21-5-4-19(15-22(21)35-26)18-6-9-28-10-7-18)27(36-25(20)17(2)30-16)32-23(33)8-11-29-12-13-34-3/h4-7,9-10,15-17,29-30H,8,11-14H2,1-3H3,(H,32,33)/t16-,17+/m1/s1. The highest BCUT2D eigenvalue weighted by Gasteiger charge is 2.30. The van der Waals surface area contributed by atoms with Crippen molar-refractivity contribution in [3.05, 3.63) is 53.2 Å². The van der Waals surface area contributed by atoms with Crippen molar-refractivity contribution in [3.8, 4) is 21.7 Å². The van der Waals surface area contributed by atoms with Gasteiger partial charge in [-0.15, -0.1) is 22.7 Å². The number of pyridine rings is 1. The first-order chi connectivity index (χ1) is 17.5. The van der Waals surface area contributed by atoms with Crippen molar-refractivity contribution in [1.29, 1.82) is 0 Å². The molecule has 1 aromatic carbocycles. The van der Waals surface area contributed by atoms with Gasteiger partial charge >= 0.3 is 0 Å². The van der Waals surface area contributed by atoms with Gasteiger partial charge in [0.15, 0.2) is 0 Å². The molecule has 188 valence electrons. The second-order valence-electron chi connectivity index (χ2n) is 9.12. The maximum Gasteiger partial charge on any atom is 0.226 e. The Kier molecular flexibility index (Phi) is 7.73. The molecule has 4 heterocycles. The lowest BCUT2D eigenvalue weighted by Gasteiger charge is -2.26. The van der Waals surface area contributed by atoms with Crippen LogP contribution < -0.4 is 16.0 Å². The SMILES string of the molecule is COCCNCCC(=O)Nc1sc2c(c1-c1nc3ccc(-c4ccncc4)cc3s1)C[C@@H](C)N[C@H]2C. The molecule has 0 unspecified atom stereocenters. The highest BCUT2D eigenvalue weighted by Crippen LogP contribution is 2.47. The number of thiophene rings is 1. The van der Waals surface area contributed by atoms with E-state index >= 15 is 0 Å². The Hall–Kier alpha value is -2.69. The zero-order chi connectivity index (χ0) is 25.1. The summed E-state index contributed by atoms with van der Waals surface area (Å²) in [5.41, 5.74) is 5.65. The Balaban J connectivity index is 1.47. The van der Waals surface area contributed by atoms with E-state index in [-0.39, 0.29) is 11.9 Å². The van der Waals surface area contributed by atoms with E-state index in [1.54, 1.807) is 29.8 Å². The molecule has 36 heavy (non-hydrogen) atoms. The van der Waals surface area contributed by atoms with Crippen molar-refractivity contribution in [2.24, 2.45) is 0 Å². The van der Waals surface area contributed by atoms with Crippen LogP contribution in [0.3, 0.4) is 0 Å². The predicted octanol–water partition coefficient (Wildman–Crippen LogP) is 5.25. The van der Waals surface area contributed by atoms with Gasteiger partial charge < -0.3 is 20.7 Å². The lowest BCUT2D eigenvalue weighted by molar-refractivity contribution is -0.116. The molecule has 9 heteroatoms. The van der Waals surface area contributed by atoms with Crippen LogP contribution >= 0.6 is 22.7 Å². The molecule has 4 aromatic rings. The first-order valence-corrected chi connectivity index (χ1v) is 13.9. The minimum Gasteiger partial charge on any atom is -0.383 e. The normalized spacial score (nSPS) is 17.3. The number of carbonyl (C=O) groups is 1. The minimum absolute atomic E-state index is 0.00880. The Morgan fingerprint density at radius 1 is 1.14 bits per heavy atom. The fourth-order valence-corrected chi connectivity index (χ4v) is 7.07.